The summed E-state index contributed by atoms with van der Waals surface area (Å²) in [6, 6.07) is 11.2. The zero-order chi connectivity index (χ0) is 17.3. The van der Waals surface area contributed by atoms with Crippen LogP contribution in [0.3, 0.4) is 0 Å². The maximum absolute atomic E-state index is 13.2. The molecule has 0 saturated heterocycles. The second-order valence-corrected chi connectivity index (χ2v) is 7.55. The zero-order valence-electron chi connectivity index (χ0n) is 12.6. The first-order chi connectivity index (χ1) is 11.4. The van der Waals surface area contributed by atoms with Crippen LogP contribution in [-0.2, 0) is 9.84 Å². The quantitative estimate of drug-likeness (QED) is 0.778. The summed E-state index contributed by atoms with van der Waals surface area (Å²) in [5.41, 5.74) is 0.658. The van der Waals surface area contributed by atoms with Crippen LogP contribution >= 0.6 is 0 Å². The molecule has 3 rings (SSSR count). The van der Waals surface area contributed by atoms with Gasteiger partial charge in [-0.1, -0.05) is 18.2 Å². The first-order valence-corrected chi connectivity index (χ1v) is 8.99. The molecule has 1 aliphatic rings. The number of halogens is 1. The highest BCUT2D eigenvalue weighted by Gasteiger charge is 2.34. The Morgan fingerprint density at radius 2 is 1.54 bits per heavy atom. The number of benzene rings is 2. The number of fused-ring (bicyclic) bond motifs is 1. The van der Waals surface area contributed by atoms with E-state index in [1.807, 2.05) is 0 Å². The van der Waals surface area contributed by atoms with Crippen LogP contribution in [-0.4, -0.2) is 37.4 Å². The van der Waals surface area contributed by atoms with Gasteiger partial charge in [-0.05, 0) is 36.8 Å². The summed E-state index contributed by atoms with van der Waals surface area (Å²) in [6.45, 7) is 0.000885. The van der Waals surface area contributed by atoms with Crippen molar-refractivity contribution in [3.63, 3.8) is 0 Å². The molecule has 1 aliphatic heterocycles. The summed E-state index contributed by atoms with van der Waals surface area (Å²) in [4.78, 5) is 25.3. The topological polar surface area (TPSA) is 71.5 Å². The Morgan fingerprint density at radius 3 is 2.12 bits per heavy atom. The molecule has 124 valence electrons. The Bertz CT molecular complexity index is 889. The Hall–Kier alpha value is -2.54. The summed E-state index contributed by atoms with van der Waals surface area (Å²) < 4.78 is 37.5. The second-order valence-electron chi connectivity index (χ2n) is 5.44. The Kier molecular flexibility index (Phi) is 4.19. The van der Waals surface area contributed by atoms with Gasteiger partial charge in [-0.3, -0.25) is 14.5 Å². The van der Waals surface area contributed by atoms with Crippen LogP contribution < -0.4 is 0 Å². The molecule has 0 bridgehead atoms. The Morgan fingerprint density at radius 1 is 0.917 bits per heavy atom. The summed E-state index contributed by atoms with van der Waals surface area (Å²) in [5, 5.41) is 0. The fourth-order valence-corrected chi connectivity index (χ4v) is 3.96. The average Bonchev–Trinajstić information content (AvgIpc) is 2.80. The van der Waals surface area contributed by atoms with Crippen molar-refractivity contribution in [3.05, 3.63) is 65.5 Å². The predicted molar refractivity (Wildman–Crippen MR) is 84.9 cm³/mol. The molecule has 0 unspecified atom stereocenters. The lowest BCUT2D eigenvalue weighted by Gasteiger charge is -2.13. The van der Waals surface area contributed by atoms with Gasteiger partial charge in [0.05, 0.1) is 21.8 Å². The van der Waals surface area contributed by atoms with Gasteiger partial charge >= 0.3 is 0 Å². The Labute approximate surface area is 138 Å². The number of rotatable bonds is 5. The summed E-state index contributed by atoms with van der Waals surface area (Å²) in [6.07, 6.45) is 0.0876. The molecule has 2 aromatic rings. The number of hydrogen-bond acceptors (Lipinski definition) is 4. The van der Waals surface area contributed by atoms with Crippen LogP contribution in [0.1, 0.15) is 27.1 Å². The third-order valence-corrected chi connectivity index (χ3v) is 5.63. The normalized spacial score (nSPS) is 14.1. The van der Waals surface area contributed by atoms with Crippen molar-refractivity contribution in [2.75, 3.05) is 12.3 Å². The largest absolute Gasteiger partial charge is 0.274 e. The highest BCUT2D eigenvalue weighted by atomic mass is 32.2. The van der Waals surface area contributed by atoms with Crippen molar-refractivity contribution in [1.82, 2.24) is 4.90 Å². The van der Waals surface area contributed by atoms with E-state index in [-0.39, 0.29) is 23.6 Å². The number of carbonyl (C=O) groups is 2. The number of sulfone groups is 1. The van der Waals surface area contributed by atoms with E-state index >= 15 is 0 Å². The van der Waals surface area contributed by atoms with Crippen LogP contribution in [0.2, 0.25) is 0 Å². The highest BCUT2D eigenvalue weighted by molar-refractivity contribution is 7.91. The van der Waals surface area contributed by atoms with E-state index in [1.54, 1.807) is 24.3 Å². The minimum atomic E-state index is -3.67. The van der Waals surface area contributed by atoms with E-state index in [0.29, 0.717) is 11.1 Å². The SMILES string of the molecule is O=C1c2ccccc2C(=O)N1CCCS(=O)(=O)c1cccc(F)c1. The van der Waals surface area contributed by atoms with Crippen molar-refractivity contribution in [2.45, 2.75) is 11.3 Å². The van der Waals surface area contributed by atoms with E-state index in [9.17, 15) is 22.4 Å². The predicted octanol–water partition coefficient (Wildman–Crippen LogP) is 2.29. The second kappa shape index (κ2) is 6.16. The maximum Gasteiger partial charge on any atom is 0.261 e. The first-order valence-electron chi connectivity index (χ1n) is 7.34. The molecule has 24 heavy (non-hydrogen) atoms. The summed E-state index contributed by atoms with van der Waals surface area (Å²) in [7, 11) is -3.67. The lowest BCUT2D eigenvalue weighted by molar-refractivity contribution is 0.0654. The molecule has 0 atom stereocenters. The van der Waals surface area contributed by atoms with Crippen molar-refractivity contribution in [1.29, 1.82) is 0 Å². The number of carbonyl (C=O) groups excluding carboxylic acids is 2. The lowest BCUT2D eigenvalue weighted by atomic mass is 10.1. The van der Waals surface area contributed by atoms with Gasteiger partial charge in [-0.15, -0.1) is 0 Å². The number of imide groups is 1. The summed E-state index contributed by atoms with van der Waals surface area (Å²) in [5.74, 6) is -1.74. The van der Waals surface area contributed by atoms with E-state index < -0.39 is 27.5 Å². The van der Waals surface area contributed by atoms with E-state index in [1.165, 1.54) is 12.1 Å². The molecule has 5 nitrogen and oxygen atoms in total. The molecular weight excluding hydrogens is 333 g/mol. The molecular formula is C17H14FNO4S. The molecule has 0 radical (unpaired) electrons. The number of amides is 2. The van der Waals surface area contributed by atoms with Crippen LogP contribution in [0, 0.1) is 5.82 Å². The third-order valence-electron chi connectivity index (χ3n) is 3.83. The molecule has 0 aliphatic carbocycles. The van der Waals surface area contributed by atoms with Crippen LogP contribution in [0.15, 0.2) is 53.4 Å². The number of nitrogens with zero attached hydrogens (tertiary/aromatic N) is 1. The molecule has 0 spiro atoms. The lowest BCUT2D eigenvalue weighted by Crippen LogP contribution is -2.31. The van der Waals surface area contributed by atoms with Crippen molar-refractivity contribution in [3.8, 4) is 0 Å². The first kappa shape index (κ1) is 16.3. The van der Waals surface area contributed by atoms with Gasteiger partial charge in [-0.25, -0.2) is 12.8 Å². The van der Waals surface area contributed by atoms with Gasteiger partial charge in [0.2, 0.25) is 0 Å². The monoisotopic (exact) mass is 347 g/mol. The summed E-state index contributed by atoms with van der Waals surface area (Å²) >= 11 is 0. The fraction of sp³-hybridized carbons (Fsp3) is 0.176. The van der Waals surface area contributed by atoms with Crippen molar-refractivity contribution >= 4 is 21.7 Å². The van der Waals surface area contributed by atoms with Crippen LogP contribution in [0.4, 0.5) is 4.39 Å². The van der Waals surface area contributed by atoms with Gasteiger partial charge in [0.25, 0.3) is 11.8 Å². The molecule has 2 aromatic carbocycles. The van der Waals surface area contributed by atoms with E-state index in [4.69, 9.17) is 0 Å². The molecule has 0 N–H and O–H groups in total. The average molecular weight is 347 g/mol. The van der Waals surface area contributed by atoms with Gasteiger partial charge in [0.1, 0.15) is 5.82 Å². The van der Waals surface area contributed by atoms with Crippen molar-refractivity contribution < 1.29 is 22.4 Å². The smallest absolute Gasteiger partial charge is 0.261 e. The van der Waals surface area contributed by atoms with E-state index in [2.05, 4.69) is 0 Å². The zero-order valence-corrected chi connectivity index (χ0v) is 13.4. The molecule has 2 amide bonds. The van der Waals surface area contributed by atoms with Gasteiger partial charge in [-0.2, -0.15) is 0 Å². The fourth-order valence-electron chi connectivity index (χ4n) is 2.63. The van der Waals surface area contributed by atoms with Gasteiger partial charge < -0.3 is 0 Å². The highest BCUT2D eigenvalue weighted by Crippen LogP contribution is 2.23. The van der Waals surface area contributed by atoms with Gasteiger partial charge in [0.15, 0.2) is 9.84 Å². The van der Waals surface area contributed by atoms with Crippen molar-refractivity contribution in [2.24, 2.45) is 0 Å². The van der Waals surface area contributed by atoms with Gasteiger partial charge in [0, 0.05) is 6.54 Å². The maximum atomic E-state index is 13.2. The molecule has 0 saturated carbocycles. The molecule has 1 heterocycles. The molecule has 7 heteroatoms. The standard InChI is InChI=1S/C17H14FNO4S/c18-12-5-3-6-13(11-12)24(22,23)10-4-9-19-16(20)14-7-1-2-8-15(14)17(19)21/h1-3,5-8,11H,4,9-10H2. The van der Waals surface area contributed by atoms with E-state index in [0.717, 1.165) is 17.0 Å². The molecule has 0 fully saturated rings. The van der Waals surface area contributed by atoms with Crippen LogP contribution in [0.25, 0.3) is 0 Å². The molecule has 0 aromatic heterocycles. The minimum Gasteiger partial charge on any atom is -0.274 e. The third kappa shape index (κ3) is 2.94. The minimum absolute atomic E-state index is 0.000885. The Balaban J connectivity index is 1.67. The number of hydrogen-bond donors (Lipinski definition) is 0. The van der Waals surface area contributed by atoms with Crippen LogP contribution in [0.5, 0.6) is 0 Å².